The van der Waals surface area contributed by atoms with E-state index >= 15 is 0 Å². The second-order valence-electron chi connectivity index (χ2n) is 5.29. The number of nitrogens with zero attached hydrogens (tertiary/aromatic N) is 1. The van der Waals surface area contributed by atoms with Crippen LogP contribution in [0.5, 0.6) is 0 Å². The van der Waals surface area contributed by atoms with E-state index in [1.807, 2.05) is 0 Å². The minimum absolute atomic E-state index is 0.00929. The van der Waals surface area contributed by atoms with Crippen molar-refractivity contribution in [1.82, 2.24) is 4.90 Å². The molecule has 1 heterocycles. The topological polar surface area (TPSA) is 3.24 Å². The zero-order chi connectivity index (χ0) is 12.8. The van der Waals surface area contributed by atoms with Crippen LogP contribution in [0.4, 0.5) is 8.78 Å². The van der Waals surface area contributed by atoms with Crippen LogP contribution in [0.25, 0.3) is 0 Å². The summed E-state index contributed by atoms with van der Waals surface area (Å²) in [5.41, 5.74) is 2.70. The number of halogens is 3. The summed E-state index contributed by atoms with van der Waals surface area (Å²) >= 11 is 3.48. The van der Waals surface area contributed by atoms with Gasteiger partial charge in [-0.25, -0.2) is 8.78 Å². The molecular formula is C14H16BrF2N. The highest BCUT2D eigenvalue weighted by molar-refractivity contribution is 9.10. The number of aryl methyl sites for hydroxylation is 1. The van der Waals surface area contributed by atoms with Crippen LogP contribution in [-0.4, -0.2) is 23.9 Å². The zero-order valence-electron chi connectivity index (χ0n) is 10.1. The number of likely N-dealkylation sites (tertiary alicyclic amines) is 1. The summed E-state index contributed by atoms with van der Waals surface area (Å²) in [5, 5.41) is 0. The lowest BCUT2D eigenvalue weighted by Gasteiger charge is -2.36. The van der Waals surface area contributed by atoms with Crippen molar-refractivity contribution in [2.75, 3.05) is 13.1 Å². The maximum Gasteiger partial charge on any atom is 0.250 e. The third kappa shape index (κ3) is 2.32. The Morgan fingerprint density at radius 3 is 2.67 bits per heavy atom. The molecule has 1 aromatic rings. The number of alkyl halides is 2. The average Bonchev–Trinajstić information content (AvgIpc) is 2.72. The molecule has 0 bridgehead atoms. The highest BCUT2D eigenvalue weighted by Gasteiger charge is 2.38. The Labute approximate surface area is 114 Å². The molecule has 1 unspecified atom stereocenters. The van der Waals surface area contributed by atoms with Gasteiger partial charge in [-0.05, 0) is 36.1 Å². The molecule has 0 radical (unpaired) electrons. The van der Waals surface area contributed by atoms with Gasteiger partial charge in [0, 0.05) is 36.4 Å². The lowest BCUT2D eigenvalue weighted by Crippen LogP contribution is -2.40. The summed E-state index contributed by atoms with van der Waals surface area (Å²) in [4.78, 5) is 2.23. The quantitative estimate of drug-likeness (QED) is 0.752. The van der Waals surface area contributed by atoms with Gasteiger partial charge in [-0.3, -0.25) is 4.90 Å². The van der Waals surface area contributed by atoms with Crippen LogP contribution in [0.15, 0.2) is 22.7 Å². The van der Waals surface area contributed by atoms with E-state index < -0.39 is 5.92 Å². The highest BCUT2D eigenvalue weighted by Crippen LogP contribution is 2.40. The fourth-order valence-electron chi connectivity index (χ4n) is 3.11. The molecule has 18 heavy (non-hydrogen) atoms. The molecule has 3 rings (SSSR count). The predicted octanol–water partition coefficient (Wildman–Crippen LogP) is 4.17. The van der Waals surface area contributed by atoms with Crippen LogP contribution in [0.3, 0.4) is 0 Å². The molecule has 0 saturated carbocycles. The Morgan fingerprint density at radius 1 is 1.22 bits per heavy atom. The first-order valence-electron chi connectivity index (χ1n) is 6.45. The minimum Gasteiger partial charge on any atom is -0.296 e. The van der Waals surface area contributed by atoms with Crippen molar-refractivity contribution in [1.29, 1.82) is 0 Å². The third-order valence-electron chi connectivity index (χ3n) is 4.12. The van der Waals surface area contributed by atoms with Crippen LogP contribution in [0, 0.1) is 0 Å². The first-order chi connectivity index (χ1) is 8.55. The van der Waals surface area contributed by atoms with Crippen molar-refractivity contribution >= 4 is 15.9 Å². The predicted molar refractivity (Wildman–Crippen MR) is 71.0 cm³/mol. The van der Waals surface area contributed by atoms with Crippen molar-refractivity contribution in [3.63, 3.8) is 0 Å². The van der Waals surface area contributed by atoms with E-state index in [2.05, 4.69) is 39.0 Å². The first-order valence-corrected chi connectivity index (χ1v) is 7.25. The molecule has 4 heteroatoms. The monoisotopic (exact) mass is 315 g/mol. The molecule has 1 aromatic carbocycles. The fourth-order valence-corrected chi connectivity index (χ4v) is 3.51. The van der Waals surface area contributed by atoms with Gasteiger partial charge in [-0.1, -0.05) is 22.0 Å². The Kier molecular flexibility index (Phi) is 3.18. The summed E-state index contributed by atoms with van der Waals surface area (Å²) in [6.07, 6.45) is 2.15. The first kappa shape index (κ1) is 12.5. The number of rotatable bonds is 1. The Bertz CT molecular complexity index is 451. The van der Waals surface area contributed by atoms with E-state index in [1.165, 1.54) is 11.1 Å². The smallest absolute Gasteiger partial charge is 0.250 e. The van der Waals surface area contributed by atoms with E-state index in [0.717, 1.165) is 17.3 Å². The molecule has 0 amide bonds. The Hall–Kier alpha value is -0.480. The van der Waals surface area contributed by atoms with Gasteiger partial charge in [-0.15, -0.1) is 0 Å². The van der Waals surface area contributed by atoms with Crippen molar-refractivity contribution in [2.24, 2.45) is 0 Å². The van der Waals surface area contributed by atoms with Crippen molar-refractivity contribution in [3.8, 4) is 0 Å². The Morgan fingerprint density at radius 2 is 1.94 bits per heavy atom. The second-order valence-corrected chi connectivity index (χ2v) is 6.21. The largest absolute Gasteiger partial charge is 0.296 e. The number of hydrogen-bond acceptors (Lipinski definition) is 1. The molecular weight excluding hydrogens is 300 g/mol. The molecule has 0 N–H and O–H groups in total. The molecule has 0 spiro atoms. The van der Waals surface area contributed by atoms with Crippen LogP contribution in [0.1, 0.15) is 36.4 Å². The lowest BCUT2D eigenvalue weighted by molar-refractivity contribution is -0.0632. The van der Waals surface area contributed by atoms with Crippen LogP contribution in [0.2, 0.25) is 0 Å². The summed E-state index contributed by atoms with van der Waals surface area (Å²) in [5.74, 6) is -2.45. The molecule has 0 aromatic heterocycles. The molecule has 2 aliphatic rings. The number of benzene rings is 1. The second kappa shape index (κ2) is 4.57. The summed E-state index contributed by atoms with van der Waals surface area (Å²) in [7, 11) is 0. The highest BCUT2D eigenvalue weighted by atomic mass is 79.9. The van der Waals surface area contributed by atoms with Gasteiger partial charge in [0.2, 0.25) is 0 Å². The van der Waals surface area contributed by atoms with E-state index in [4.69, 9.17) is 0 Å². The van der Waals surface area contributed by atoms with Gasteiger partial charge in [-0.2, -0.15) is 0 Å². The number of piperidine rings is 1. The van der Waals surface area contributed by atoms with Gasteiger partial charge in [0.25, 0.3) is 5.92 Å². The van der Waals surface area contributed by atoms with Gasteiger partial charge in [0.1, 0.15) is 0 Å². The molecule has 1 atom stereocenters. The van der Waals surface area contributed by atoms with E-state index in [9.17, 15) is 8.78 Å². The summed E-state index contributed by atoms with van der Waals surface area (Å²) in [6.45, 7) is 1.04. The maximum absolute atomic E-state index is 13.2. The van der Waals surface area contributed by atoms with Crippen molar-refractivity contribution in [3.05, 3.63) is 33.8 Å². The average molecular weight is 316 g/mol. The summed E-state index contributed by atoms with van der Waals surface area (Å²) in [6, 6.07) is 6.71. The molecule has 98 valence electrons. The lowest BCUT2D eigenvalue weighted by atomic mass is 10.0. The van der Waals surface area contributed by atoms with Gasteiger partial charge < -0.3 is 0 Å². The van der Waals surface area contributed by atoms with Crippen LogP contribution >= 0.6 is 15.9 Å². The minimum atomic E-state index is -2.45. The standard InChI is InChI=1S/C14H16BrF2N/c15-11-2-3-12-10(9-11)1-4-13(12)18-7-5-14(16,17)6-8-18/h2-3,9,13H,1,4-8H2. The number of fused-ring (bicyclic) bond motifs is 1. The van der Waals surface area contributed by atoms with Crippen molar-refractivity contribution < 1.29 is 8.78 Å². The maximum atomic E-state index is 13.2. The molecule has 1 fully saturated rings. The zero-order valence-corrected chi connectivity index (χ0v) is 11.7. The van der Waals surface area contributed by atoms with Gasteiger partial charge in [0.15, 0.2) is 0 Å². The molecule has 1 aliphatic carbocycles. The summed E-state index contributed by atoms with van der Waals surface area (Å²) < 4.78 is 27.5. The van der Waals surface area contributed by atoms with E-state index in [-0.39, 0.29) is 12.8 Å². The molecule has 1 nitrogen and oxygen atoms in total. The molecule has 1 aliphatic heterocycles. The van der Waals surface area contributed by atoms with E-state index in [1.54, 1.807) is 0 Å². The molecule has 1 saturated heterocycles. The van der Waals surface area contributed by atoms with E-state index in [0.29, 0.717) is 19.1 Å². The van der Waals surface area contributed by atoms with Crippen LogP contribution < -0.4 is 0 Å². The SMILES string of the molecule is FC1(F)CCN(C2CCc3cc(Br)ccc32)CC1. The van der Waals surface area contributed by atoms with Crippen molar-refractivity contribution in [2.45, 2.75) is 37.6 Å². The Balaban J connectivity index is 1.77. The normalized spacial score (nSPS) is 27.2. The fraction of sp³-hybridized carbons (Fsp3) is 0.571. The number of hydrogen-bond donors (Lipinski definition) is 0. The van der Waals surface area contributed by atoms with Gasteiger partial charge >= 0.3 is 0 Å². The van der Waals surface area contributed by atoms with Crippen LogP contribution in [-0.2, 0) is 6.42 Å². The third-order valence-corrected chi connectivity index (χ3v) is 4.61. The van der Waals surface area contributed by atoms with Gasteiger partial charge in [0.05, 0.1) is 0 Å².